The highest BCUT2D eigenvalue weighted by molar-refractivity contribution is 7.10. The average Bonchev–Trinajstić information content (AvgIpc) is 3.19. The normalized spacial score (nSPS) is 14.7. The molecule has 134 valence electrons. The molecule has 0 bridgehead atoms. The van der Waals surface area contributed by atoms with Crippen molar-refractivity contribution in [1.29, 1.82) is 0 Å². The van der Waals surface area contributed by atoms with Crippen LogP contribution in [0.15, 0.2) is 58.5 Å². The summed E-state index contributed by atoms with van der Waals surface area (Å²) in [4.78, 5) is 21.1. The number of aromatic nitrogens is 1. The first-order chi connectivity index (χ1) is 13.0. The van der Waals surface area contributed by atoms with Gasteiger partial charge in [-0.05, 0) is 36.4 Å². The van der Waals surface area contributed by atoms with Crippen LogP contribution in [0.1, 0.15) is 20.8 Å². The third kappa shape index (κ3) is 3.20. The topological polar surface area (TPSA) is 87.2 Å². The van der Waals surface area contributed by atoms with Crippen LogP contribution in [-0.4, -0.2) is 27.0 Å². The lowest BCUT2D eigenvalue weighted by molar-refractivity contribution is 0.0697. The molecular weight excluding hydrogens is 362 g/mol. The Labute approximate surface area is 158 Å². The summed E-state index contributed by atoms with van der Waals surface area (Å²) in [6, 6.07) is 14.1. The minimum absolute atomic E-state index is 0.117. The molecule has 0 atom stereocenters. The van der Waals surface area contributed by atoms with E-state index in [4.69, 9.17) is 5.11 Å². The second-order valence-corrected chi connectivity index (χ2v) is 6.98. The number of hydrogen-bond donors (Lipinski definition) is 2. The maximum Gasteiger partial charge on any atom is 0.335 e. The number of allylic oxidation sites excluding steroid dienone is 1. The number of aromatic carboxylic acids is 1. The molecule has 1 aromatic heterocycles. The van der Waals surface area contributed by atoms with Crippen LogP contribution in [0.2, 0.25) is 0 Å². The molecular formula is C20H15N3O3S. The Morgan fingerprint density at radius 3 is 2.67 bits per heavy atom. The lowest BCUT2D eigenvalue weighted by atomic mass is 10.1. The number of aliphatic imine (C=N–C) groups is 1. The standard InChI is InChI=1S/C20H15N3O3S/c1-23-18(24)17(10-13-11-21-16-5-3-2-4-15(13)16)27-20(23)22-14-8-6-12(7-9-14)19(25)26/h2-11,24H,1H3,(H,25,26)/b13-10+,22-20?. The van der Waals surface area contributed by atoms with Crippen LogP contribution in [0.5, 0.6) is 5.88 Å². The predicted octanol–water partition coefficient (Wildman–Crippen LogP) is 3.98. The van der Waals surface area contributed by atoms with E-state index in [0.717, 1.165) is 16.8 Å². The molecule has 2 aromatic carbocycles. The van der Waals surface area contributed by atoms with Gasteiger partial charge in [0.2, 0.25) is 5.88 Å². The van der Waals surface area contributed by atoms with Crippen LogP contribution in [0.3, 0.4) is 0 Å². The van der Waals surface area contributed by atoms with Gasteiger partial charge in [-0.25, -0.2) is 9.79 Å². The van der Waals surface area contributed by atoms with Gasteiger partial charge in [0.1, 0.15) is 0 Å². The molecule has 0 saturated heterocycles. The second kappa shape index (κ2) is 6.69. The Morgan fingerprint density at radius 1 is 1.19 bits per heavy atom. The molecule has 27 heavy (non-hydrogen) atoms. The number of rotatable bonds is 3. The van der Waals surface area contributed by atoms with Gasteiger partial charge in [0.25, 0.3) is 0 Å². The summed E-state index contributed by atoms with van der Waals surface area (Å²) in [6.07, 6.45) is 3.67. The number of para-hydroxylation sites is 1. The number of carboxylic acid groups (broad SMARTS) is 1. The average molecular weight is 377 g/mol. The minimum atomic E-state index is -0.978. The lowest BCUT2D eigenvalue weighted by Crippen LogP contribution is -2.08. The maximum atomic E-state index is 10.9. The van der Waals surface area contributed by atoms with Crippen molar-refractivity contribution in [3.8, 4) is 5.88 Å². The highest BCUT2D eigenvalue weighted by Crippen LogP contribution is 2.34. The second-order valence-electron chi connectivity index (χ2n) is 5.97. The number of thiazole rings is 1. The summed E-state index contributed by atoms with van der Waals surface area (Å²) >= 11 is 1.34. The van der Waals surface area contributed by atoms with Gasteiger partial charge in [-0.1, -0.05) is 29.5 Å². The SMILES string of the molecule is Cn1c(O)c(/C=C2\C=Nc3ccccc32)sc1=Nc1ccc(C(=O)O)cc1. The maximum absolute atomic E-state index is 10.9. The number of fused-ring (bicyclic) bond motifs is 1. The Bertz CT molecular complexity index is 1170. The van der Waals surface area contributed by atoms with E-state index >= 15 is 0 Å². The molecule has 0 fully saturated rings. The third-order valence-electron chi connectivity index (χ3n) is 4.21. The van der Waals surface area contributed by atoms with Crippen molar-refractivity contribution < 1.29 is 15.0 Å². The van der Waals surface area contributed by atoms with Crippen LogP contribution in [0.25, 0.3) is 11.6 Å². The first-order valence-corrected chi connectivity index (χ1v) is 8.96. The van der Waals surface area contributed by atoms with Crippen molar-refractivity contribution >= 4 is 46.5 Å². The van der Waals surface area contributed by atoms with Crippen LogP contribution in [-0.2, 0) is 7.05 Å². The zero-order chi connectivity index (χ0) is 19.0. The molecule has 2 N–H and O–H groups in total. The van der Waals surface area contributed by atoms with Gasteiger partial charge < -0.3 is 10.2 Å². The predicted molar refractivity (Wildman–Crippen MR) is 106 cm³/mol. The molecule has 7 heteroatoms. The first-order valence-electron chi connectivity index (χ1n) is 8.15. The summed E-state index contributed by atoms with van der Waals surface area (Å²) in [6.45, 7) is 0. The molecule has 2 heterocycles. The van der Waals surface area contributed by atoms with Gasteiger partial charge >= 0.3 is 5.97 Å². The Morgan fingerprint density at radius 2 is 1.93 bits per heavy atom. The number of benzene rings is 2. The van der Waals surface area contributed by atoms with E-state index in [1.807, 2.05) is 30.3 Å². The molecule has 4 rings (SSSR count). The first kappa shape index (κ1) is 17.0. The van der Waals surface area contributed by atoms with E-state index < -0.39 is 5.97 Å². The van der Waals surface area contributed by atoms with Crippen molar-refractivity contribution in [3.05, 3.63) is 69.3 Å². The number of aromatic hydroxyl groups is 1. The number of carbonyl (C=O) groups is 1. The number of hydrogen-bond acceptors (Lipinski definition) is 5. The van der Waals surface area contributed by atoms with Gasteiger partial charge in [0.05, 0.1) is 21.8 Å². The van der Waals surface area contributed by atoms with Crippen molar-refractivity contribution in [2.45, 2.75) is 0 Å². The molecule has 0 radical (unpaired) electrons. The monoisotopic (exact) mass is 377 g/mol. The van der Waals surface area contributed by atoms with E-state index in [2.05, 4.69) is 9.98 Å². The molecule has 0 unspecified atom stereocenters. The van der Waals surface area contributed by atoms with Crippen molar-refractivity contribution in [2.24, 2.45) is 17.0 Å². The summed E-state index contributed by atoms with van der Waals surface area (Å²) in [5, 5.41) is 19.4. The molecule has 0 amide bonds. The largest absolute Gasteiger partial charge is 0.493 e. The van der Waals surface area contributed by atoms with Crippen molar-refractivity contribution in [2.75, 3.05) is 0 Å². The van der Waals surface area contributed by atoms with Crippen molar-refractivity contribution in [1.82, 2.24) is 4.57 Å². The third-order valence-corrected chi connectivity index (χ3v) is 5.28. The van der Waals surface area contributed by atoms with Gasteiger partial charge in [0, 0.05) is 24.4 Å². The Hall–Kier alpha value is -3.45. The fourth-order valence-electron chi connectivity index (χ4n) is 2.74. The van der Waals surface area contributed by atoms with Crippen LogP contribution < -0.4 is 4.80 Å². The molecule has 0 aliphatic carbocycles. The molecule has 1 aliphatic heterocycles. The highest BCUT2D eigenvalue weighted by atomic mass is 32.1. The Balaban J connectivity index is 1.73. The van der Waals surface area contributed by atoms with E-state index in [-0.39, 0.29) is 11.4 Å². The summed E-state index contributed by atoms with van der Waals surface area (Å²) in [5.74, 6) is -0.862. The minimum Gasteiger partial charge on any atom is -0.493 e. The van der Waals surface area contributed by atoms with Crippen LogP contribution >= 0.6 is 11.3 Å². The fraction of sp³-hybridized carbons (Fsp3) is 0.0500. The molecule has 0 spiro atoms. The van der Waals surface area contributed by atoms with E-state index in [0.29, 0.717) is 15.4 Å². The van der Waals surface area contributed by atoms with E-state index in [1.165, 1.54) is 23.5 Å². The zero-order valence-electron chi connectivity index (χ0n) is 14.3. The number of carboxylic acids is 1. The van der Waals surface area contributed by atoms with Crippen molar-refractivity contribution in [3.63, 3.8) is 0 Å². The summed E-state index contributed by atoms with van der Waals surface area (Å²) < 4.78 is 1.60. The Kier molecular flexibility index (Phi) is 4.21. The highest BCUT2D eigenvalue weighted by Gasteiger charge is 2.14. The number of nitrogens with zero attached hydrogens (tertiary/aromatic N) is 3. The van der Waals surface area contributed by atoms with Crippen LogP contribution in [0, 0.1) is 0 Å². The quantitative estimate of drug-likeness (QED) is 0.724. The smallest absolute Gasteiger partial charge is 0.335 e. The lowest BCUT2D eigenvalue weighted by Gasteiger charge is -1.98. The van der Waals surface area contributed by atoms with Gasteiger partial charge in [-0.2, -0.15) is 0 Å². The molecule has 3 aromatic rings. The van der Waals surface area contributed by atoms with E-state index in [1.54, 1.807) is 30.0 Å². The van der Waals surface area contributed by atoms with Gasteiger partial charge in [0.15, 0.2) is 4.80 Å². The summed E-state index contributed by atoms with van der Waals surface area (Å²) in [5.41, 5.74) is 3.68. The van der Waals surface area contributed by atoms with Crippen LogP contribution in [0.4, 0.5) is 11.4 Å². The fourth-order valence-corrected chi connectivity index (χ4v) is 3.73. The van der Waals surface area contributed by atoms with E-state index in [9.17, 15) is 9.90 Å². The summed E-state index contributed by atoms with van der Waals surface area (Å²) in [7, 11) is 1.73. The van der Waals surface area contributed by atoms with Gasteiger partial charge in [-0.15, -0.1) is 0 Å². The van der Waals surface area contributed by atoms with Gasteiger partial charge in [-0.3, -0.25) is 9.56 Å². The molecule has 6 nitrogen and oxygen atoms in total. The molecule has 1 aliphatic rings. The molecule has 0 saturated carbocycles. The zero-order valence-corrected chi connectivity index (χ0v) is 15.1.